The van der Waals surface area contributed by atoms with Crippen molar-refractivity contribution in [1.29, 1.82) is 0 Å². The predicted molar refractivity (Wildman–Crippen MR) is 83.7 cm³/mol. The number of benzene rings is 1. The highest BCUT2D eigenvalue weighted by molar-refractivity contribution is 5.81. The molecule has 2 aromatic rings. The van der Waals surface area contributed by atoms with Crippen molar-refractivity contribution in [3.63, 3.8) is 0 Å². The molecule has 1 N–H and O–H groups in total. The summed E-state index contributed by atoms with van der Waals surface area (Å²) in [5.74, 6) is 0. The Hall–Kier alpha value is -1.61. The third kappa shape index (κ3) is 2.78. The van der Waals surface area contributed by atoms with Gasteiger partial charge in [0, 0.05) is 18.5 Å². The van der Waals surface area contributed by atoms with Gasteiger partial charge in [-0.05, 0) is 45.2 Å². The van der Waals surface area contributed by atoms with E-state index in [9.17, 15) is 0 Å². The average molecular weight is 269 g/mol. The molecule has 0 atom stereocenters. The largest absolute Gasteiger partial charge is 0.311 e. The number of aromatic nitrogens is 2. The zero-order valence-corrected chi connectivity index (χ0v) is 12.2. The number of nitrogens with zero attached hydrogens (tertiary/aromatic N) is 2. The van der Waals surface area contributed by atoms with E-state index in [1.165, 1.54) is 42.3 Å². The van der Waals surface area contributed by atoms with Crippen molar-refractivity contribution in [3.05, 3.63) is 41.6 Å². The number of allylic oxidation sites excluding steroid dienone is 1. The van der Waals surface area contributed by atoms with E-state index in [4.69, 9.17) is 5.10 Å². The fourth-order valence-electron chi connectivity index (χ4n) is 2.99. The summed E-state index contributed by atoms with van der Waals surface area (Å²) in [5, 5.41) is 9.54. The van der Waals surface area contributed by atoms with Crippen LogP contribution in [-0.4, -0.2) is 16.3 Å². The number of fused-ring (bicyclic) bond motifs is 1. The predicted octanol–water partition coefficient (Wildman–Crippen LogP) is 3.65. The van der Waals surface area contributed by atoms with Crippen molar-refractivity contribution in [2.45, 2.75) is 45.7 Å². The van der Waals surface area contributed by atoms with E-state index in [1.54, 1.807) is 5.57 Å². The zero-order valence-electron chi connectivity index (χ0n) is 12.2. The Bertz CT molecular complexity index is 610. The van der Waals surface area contributed by atoms with Crippen molar-refractivity contribution >= 4 is 10.9 Å². The number of hydrogen-bond acceptors (Lipinski definition) is 2. The monoisotopic (exact) mass is 269 g/mol. The summed E-state index contributed by atoms with van der Waals surface area (Å²) in [6.07, 6.45) is 7.52. The summed E-state index contributed by atoms with van der Waals surface area (Å²) < 4.78 is 2.09. The number of aryl methyl sites for hydroxylation is 1. The van der Waals surface area contributed by atoms with Gasteiger partial charge in [0.2, 0.25) is 0 Å². The molecule has 0 amide bonds. The molecule has 0 aliphatic heterocycles. The summed E-state index contributed by atoms with van der Waals surface area (Å²) in [6.45, 7) is 4.98. The molecule has 0 saturated heterocycles. The minimum atomic E-state index is 0.862. The maximum Gasteiger partial charge on any atom is 0.0841 e. The molecule has 0 saturated carbocycles. The van der Waals surface area contributed by atoms with Crippen LogP contribution in [0, 0.1) is 0 Å². The Morgan fingerprint density at radius 2 is 2.20 bits per heavy atom. The molecule has 0 fully saturated rings. The number of nitrogens with one attached hydrogen (secondary N) is 1. The van der Waals surface area contributed by atoms with Crippen LogP contribution in [0.3, 0.4) is 0 Å². The summed E-state index contributed by atoms with van der Waals surface area (Å²) in [5.41, 5.74) is 4.04. The molecule has 1 aromatic heterocycles. The molecule has 0 spiro atoms. The van der Waals surface area contributed by atoms with Gasteiger partial charge in [0.25, 0.3) is 0 Å². The number of hydrogen-bond donors (Lipinski definition) is 1. The molecule has 1 aliphatic carbocycles. The summed E-state index contributed by atoms with van der Waals surface area (Å²) in [4.78, 5) is 0. The van der Waals surface area contributed by atoms with Crippen LogP contribution in [0.1, 0.15) is 38.3 Å². The second kappa shape index (κ2) is 6.23. The fraction of sp³-hybridized carbons (Fsp3) is 0.471. The minimum absolute atomic E-state index is 0.862. The first kappa shape index (κ1) is 13.4. The average Bonchev–Trinajstić information content (AvgIpc) is 3.11. The molecule has 1 heterocycles. The summed E-state index contributed by atoms with van der Waals surface area (Å²) in [6, 6.07) is 8.50. The molecule has 1 aromatic carbocycles. The summed E-state index contributed by atoms with van der Waals surface area (Å²) in [7, 11) is 0. The van der Waals surface area contributed by atoms with E-state index >= 15 is 0 Å². The van der Waals surface area contributed by atoms with Crippen LogP contribution in [0.2, 0.25) is 0 Å². The molecule has 0 bridgehead atoms. The first-order valence-electron chi connectivity index (χ1n) is 7.71. The number of rotatable bonds is 6. The normalized spacial score (nSPS) is 14.9. The van der Waals surface area contributed by atoms with Gasteiger partial charge in [-0.25, -0.2) is 0 Å². The van der Waals surface area contributed by atoms with Crippen LogP contribution in [0.15, 0.2) is 35.9 Å². The van der Waals surface area contributed by atoms with Gasteiger partial charge in [0.15, 0.2) is 0 Å². The zero-order chi connectivity index (χ0) is 13.8. The molecule has 3 rings (SSSR count). The fourth-order valence-corrected chi connectivity index (χ4v) is 2.99. The van der Waals surface area contributed by atoms with Crippen molar-refractivity contribution in [2.75, 3.05) is 6.54 Å². The van der Waals surface area contributed by atoms with Gasteiger partial charge in [-0.15, -0.1) is 0 Å². The van der Waals surface area contributed by atoms with Crippen molar-refractivity contribution < 1.29 is 0 Å². The lowest BCUT2D eigenvalue weighted by atomic mass is 10.1. The lowest BCUT2D eigenvalue weighted by molar-refractivity contribution is 0.628. The summed E-state index contributed by atoms with van der Waals surface area (Å²) >= 11 is 0. The van der Waals surface area contributed by atoms with Gasteiger partial charge in [-0.3, -0.25) is 4.68 Å². The Labute approximate surface area is 120 Å². The van der Waals surface area contributed by atoms with Crippen LogP contribution in [0.4, 0.5) is 0 Å². The van der Waals surface area contributed by atoms with Crippen molar-refractivity contribution in [3.8, 4) is 0 Å². The lowest BCUT2D eigenvalue weighted by Crippen LogP contribution is -2.15. The molecule has 0 unspecified atom stereocenters. The van der Waals surface area contributed by atoms with Crippen LogP contribution in [0.5, 0.6) is 0 Å². The van der Waals surface area contributed by atoms with Crippen molar-refractivity contribution in [1.82, 2.24) is 15.1 Å². The van der Waals surface area contributed by atoms with Gasteiger partial charge in [0.05, 0.1) is 11.2 Å². The van der Waals surface area contributed by atoms with Gasteiger partial charge in [0.1, 0.15) is 0 Å². The molecule has 1 aliphatic rings. The van der Waals surface area contributed by atoms with Crippen LogP contribution in [-0.2, 0) is 13.1 Å². The Kier molecular flexibility index (Phi) is 4.16. The number of para-hydroxylation sites is 1. The quantitative estimate of drug-likeness (QED) is 0.641. The Morgan fingerprint density at radius 3 is 3.00 bits per heavy atom. The van der Waals surface area contributed by atoms with Crippen molar-refractivity contribution in [2.24, 2.45) is 0 Å². The van der Waals surface area contributed by atoms with E-state index in [-0.39, 0.29) is 0 Å². The van der Waals surface area contributed by atoms with E-state index in [0.717, 1.165) is 19.6 Å². The third-order valence-corrected chi connectivity index (χ3v) is 4.08. The van der Waals surface area contributed by atoms with E-state index in [2.05, 4.69) is 47.3 Å². The highest BCUT2D eigenvalue weighted by Crippen LogP contribution is 2.20. The van der Waals surface area contributed by atoms with Crippen LogP contribution in [0.25, 0.3) is 10.9 Å². The first-order valence-corrected chi connectivity index (χ1v) is 7.71. The Balaban J connectivity index is 1.62. The molecule has 3 nitrogen and oxygen atoms in total. The SMILES string of the molecule is CCn1nc(CNCCC2=CCCC2)c2ccccc21. The highest BCUT2D eigenvalue weighted by atomic mass is 15.3. The van der Waals surface area contributed by atoms with E-state index in [0.29, 0.717) is 0 Å². The smallest absolute Gasteiger partial charge is 0.0841 e. The lowest BCUT2D eigenvalue weighted by Gasteiger charge is -2.04. The molecular weight excluding hydrogens is 246 g/mol. The van der Waals surface area contributed by atoms with E-state index < -0.39 is 0 Å². The van der Waals surface area contributed by atoms with Gasteiger partial charge < -0.3 is 5.32 Å². The van der Waals surface area contributed by atoms with E-state index in [1.807, 2.05) is 0 Å². The third-order valence-electron chi connectivity index (χ3n) is 4.08. The Morgan fingerprint density at radius 1 is 1.30 bits per heavy atom. The first-order chi connectivity index (χ1) is 9.88. The molecule has 0 radical (unpaired) electrons. The maximum atomic E-state index is 4.72. The second-order valence-electron chi connectivity index (χ2n) is 5.46. The van der Waals surface area contributed by atoms with Gasteiger partial charge in [-0.1, -0.05) is 29.8 Å². The second-order valence-corrected chi connectivity index (χ2v) is 5.46. The minimum Gasteiger partial charge on any atom is -0.311 e. The van der Waals surface area contributed by atoms with Crippen LogP contribution >= 0.6 is 0 Å². The van der Waals surface area contributed by atoms with Gasteiger partial charge in [-0.2, -0.15) is 5.10 Å². The standard InChI is InChI=1S/C17H23N3/c1-2-20-17-10-6-5-9-15(17)16(19-20)13-18-12-11-14-7-3-4-8-14/h5-7,9-10,18H,2-4,8,11-13H2,1H3. The van der Waals surface area contributed by atoms with Crippen LogP contribution < -0.4 is 5.32 Å². The topological polar surface area (TPSA) is 29.9 Å². The molecular formula is C17H23N3. The maximum absolute atomic E-state index is 4.72. The highest BCUT2D eigenvalue weighted by Gasteiger charge is 2.09. The molecule has 3 heteroatoms. The molecule has 106 valence electrons. The molecule has 20 heavy (non-hydrogen) atoms. The van der Waals surface area contributed by atoms with Gasteiger partial charge >= 0.3 is 0 Å².